The lowest BCUT2D eigenvalue weighted by Crippen LogP contribution is -2.48. The zero-order valence-corrected chi connectivity index (χ0v) is 18.0. The van der Waals surface area contributed by atoms with Gasteiger partial charge in [0.15, 0.2) is 11.0 Å². The van der Waals surface area contributed by atoms with Crippen molar-refractivity contribution in [2.45, 2.75) is 18.5 Å². The highest BCUT2D eigenvalue weighted by molar-refractivity contribution is 6.34. The summed E-state index contributed by atoms with van der Waals surface area (Å²) in [6, 6.07) is 11.7. The molecule has 2 saturated heterocycles. The van der Waals surface area contributed by atoms with Gasteiger partial charge in [0.2, 0.25) is 5.95 Å². The first-order valence-electron chi connectivity index (χ1n) is 10.4. The van der Waals surface area contributed by atoms with Crippen LogP contribution in [0.5, 0.6) is 0 Å². The molecule has 2 bridgehead atoms. The summed E-state index contributed by atoms with van der Waals surface area (Å²) in [6.45, 7) is 1.52. The summed E-state index contributed by atoms with van der Waals surface area (Å²) in [7, 11) is 1.76. The SMILES string of the molecule is Cn1c(N2CC3C[C@@H]2CN3c2nnc(Cl)c3ccccc23)nc(-c2ccncn2)cc1=O. The van der Waals surface area contributed by atoms with E-state index in [4.69, 9.17) is 16.6 Å². The molecule has 1 unspecified atom stereocenters. The van der Waals surface area contributed by atoms with Crippen LogP contribution in [0.2, 0.25) is 5.15 Å². The van der Waals surface area contributed by atoms with Crippen LogP contribution >= 0.6 is 11.6 Å². The molecule has 10 heteroatoms. The lowest BCUT2D eigenvalue weighted by atomic mass is 10.1. The van der Waals surface area contributed by atoms with Crippen molar-refractivity contribution in [2.75, 3.05) is 22.9 Å². The molecule has 160 valence electrons. The van der Waals surface area contributed by atoms with E-state index in [0.29, 0.717) is 22.5 Å². The Kier molecular flexibility index (Phi) is 4.32. The summed E-state index contributed by atoms with van der Waals surface area (Å²) < 4.78 is 1.60. The molecule has 2 fully saturated rings. The van der Waals surface area contributed by atoms with Crippen LogP contribution in [0, 0.1) is 0 Å². The van der Waals surface area contributed by atoms with Crippen molar-refractivity contribution >= 4 is 34.1 Å². The standard InChI is InChI=1S/C22H19ClN8O/c1-29-19(32)9-18(17-6-7-24-12-25-17)26-22(29)31-11-13-8-14(31)10-30(13)21-16-5-3-2-4-15(16)20(23)27-28-21/h2-7,9,12-14H,8,10-11H2,1H3/t13?,14-/m1/s1. The normalized spacial score (nSPS) is 19.8. The van der Waals surface area contributed by atoms with Crippen molar-refractivity contribution in [2.24, 2.45) is 7.05 Å². The molecule has 3 aromatic heterocycles. The zero-order valence-electron chi connectivity index (χ0n) is 17.3. The molecule has 0 radical (unpaired) electrons. The van der Waals surface area contributed by atoms with Gasteiger partial charge >= 0.3 is 0 Å². The van der Waals surface area contributed by atoms with Gasteiger partial charge in [-0.15, -0.1) is 10.2 Å². The van der Waals surface area contributed by atoms with Crippen LogP contribution < -0.4 is 15.4 Å². The Labute approximate surface area is 188 Å². The minimum atomic E-state index is -0.113. The molecule has 0 saturated carbocycles. The van der Waals surface area contributed by atoms with Crippen molar-refractivity contribution < 1.29 is 0 Å². The largest absolute Gasteiger partial charge is 0.348 e. The highest BCUT2D eigenvalue weighted by atomic mass is 35.5. The Morgan fingerprint density at radius 3 is 2.53 bits per heavy atom. The molecule has 2 atom stereocenters. The quantitative estimate of drug-likeness (QED) is 0.473. The van der Waals surface area contributed by atoms with Crippen LogP contribution in [-0.2, 0) is 7.05 Å². The number of aromatic nitrogens is 6. The maximum Gasteiger partial charge on any atom is 0.255 e. The van der Waals surface area contributed by atoms with Crippen LogP contribution in [0.4, 0.5) is 11.8 Å². The van der Waals surface area contributed by atoms with Gasteiger partial charge < -0.3 is 9.80 Å². The summed E-state index contributed by atoms with van der Waals surface area (Å²) in [4.78, 5) is 30.2. The number of hydrogen-bond acceptors (Lipinski definition) is 8. The molecule has 32 heavy (non-hydrogen) atoms. The Balaban J connectivity index is 1.34. The first-order valence-corrected chi connectivity index (χ1v) is 10.8. The van der Waals surface area contributed by atoms with E-state index in [1.54, 1.807) is 23.9 Å². The molecule has 0 aliphatic carbocycles. The van der Waals surface area contributed by atoms with Gasteiger partial charge in [0.25, 0.3) is 5.56 Å². The van der Waals surface area contributed by atoms with Gasteiger partial charge in [-0.05, 0) is 12.5 Å². The topological polar surface area (TPSA) is 92.9 Å². The third-order valence-electron chi connectivity index (χ3n) is 6.35. The molecule has 0 amide bonds. The van der Waals surface area contributed by atoms with Crippen LogP contribution in [0.15, 0.2) is 53.7 Å². The summed E-state index contributed by atoms with van der Waals surface area (Å²) in [5.74, 6) is 1.51. The molecule has 4 aromatic rings. The minimum absolute atomic E-state index is 0.113. The highest BCUT2D eigenvalue weighted by Gasteiger charge is 2.45. The zero-order chi connectivity index (χ0) is 21.8. The van der Waals surface area contributed by atoms with Crippen molar-refractivity contribution in [3.8, 4) is 11.4 Å². The molecule has 5 heterocycles. The third-order valence-corrected chi connectivity index (χ3v) is 6.63. The number of hydrogen-bond donors (Lipinski definition) is 0. The Morgan fingerprint density at radius 2 is 1.78 bits per heavy atom. The lowest BCUT2D eigenvalue weighted by molar-refractivity contribution is 0.610. The van der Waals surface area contributed by atoms with Gasteiger partial charge in [-0.1, -0.05) is 35.9 Å². The van der Waals surface area contributed by atoms with Crippen molar-refractivity contribution in [3.63, 3.8) is 0 Å². The smallest absolute Gasteiger partial charge is 0.255 e. The van der Waals surface area contributed by atoms with Gasteiger partial charge in [0, 0.05) is 43.2 Å². The molecule has 1 aromatic carbocycles. The molecule has 2 aliphatic rings. The van der Waals surface area contributed by atoms with E-state index >= 15 is 0 Å². The van der Waals surface area contributed by atoms with Crippen LogP contribution in [0.1, 0.15) is 6.42 Å². The van der Waals surface area contributed by atoms with Crippen LogP contribution in [-0.4, -0.2) is 54.9 Å². The molecule has 9 nitrogen and oxygen atoms in total. The van der Waals surface area contributed by atoms with Gasteiger partial charge in [-0.2, -0.15) is 0 Å². The fraction of sp³-hybridized carbons (Fsp3) is 0.273. The number of nitrogens with zero attached hydrogens (tertiary/aromatic N) is 8. The average Bonchev–Trinajstić information content (AvgIpc) is 3.43. The van der Waals surface area contributed by atoms with E-state index in [1.807, 2.05) is 24.3 Å². The minimum Gasteiger partial charge on any atom is -0.348 e. The number of rotatable bonds is 3. The van der Waals surface area contributed by atoms with Crippen LogP contribution in [0.3, 0.4) is 0 Å². The maximum absolute atomic E-state index is 12.7. The third kappa shape index (κ3) is 2.92. The van der Waals surface area contributed by atoms with Gasteiger partial charge in [-0.3, -0.25) is 9.36 Å². The Hall–Kier alpha value is -3.59. The lowest BCUT2D eigenvalue weighted by Gasteiger charge is -2.36. The molecular weight excluding hydrogens is 428 g/mol. The van der Waals surface area contributed by atoms with E-state index in [0.717, 1.165) is 36.1 Å². The fourth-order valence-electron chi connectivity index (χ4n) is 4.80. The van der Waals surface area contributed by atoms with Gasteiger partial charge in [-0.25, -0.2) is 15.0 Å². The van der Waals surface area contributed by atoms with Crippen LogP contribution in [0.25, 0.3) is 22.2 Å². The summed E-state index contributed by atoms with van der Waals surface area (Å²) in [5, 5.41) is 10.9. The predicted molar refractivity (Wildman–Crippen MR) is 122 cm³/mol. The summed E-state index contributed by atoms with van der Waals surface area (Å²) in [6.07, 6.45) is 4.07. The summed E-state index contributed by atoms with van der Waals surface area (Å²) in [5.41, 5.74) is 1.07. The predicted octanol–water partition coefficient (Wildman–Crippen LogP) is 2.30. The van der Waals surface area contributed by atoms with Crippen molar-refractivity contribution in [3.05, 3.63) is 64.4 Å². The first-order chi connectivity index (χ1) is 15.6. The number of benzene rings is 1. The first kappa shape index (κ1) is 19.1. The second-order valence-corrected chi connectivity index (χ2v) is 8.50. The average molecular weight is 447 g/mol. The Morgan fingerprint density at radius 1 is 1.00 bits per heavy atom. The number of anilines is 2. The maximum atomic E-state index is 12.7. The van der Waals surface area contributed by atoms with E-state index in [1.165, 1.54) is 12.4 Å². The van der Waals surface area contributed by atoms with E-state index in [9.17, 15) is 4.79 Å². The van der Waals surface area contributed by atoms with Gasteiger partial charge in [0.05, 0.1) is 23.5 Å². The van der Waals surface area contributed by atoms with E-state index < -0.39 is 0 Å². The second-order valence-electron chi connectivity index (χ2n) is 8.14. The summed E-state index contributed by atoms with van der Waals surface area (Å²) >= 11 is 6.27. The number of halogens is 1. The molecule has 6 rings (SSSR count). The van der Waals surface area contributed by atoms with Crippen molar-refractivity contribution in [1.82, 2.24) is 29.7 Å². The molecule has 0 N–H and O–H groups in total. The van der Waals surface area contributed by atoms with Gasteiger partial charge in [0.1, 0.15) is 6.33 Å². The fourth-order valence-corrected chi connectivity index (χ4v) is 5.00. The Bertz CT molecular complexity index is 1390. The van der Waals surface area contributed by atoms with Crippen molar-refractivity contribution in [1.29, 1.82) is 0 Å². The molecule has 0 spiro atoms. The second kappa shape index (κ2) is 7.23. The number of fused-ring (bicyclic) bond motifs is 3. The highest BCUT2D eigenvalue weighted by Crippen LogP contribution is 2.39. The molecular formula is C22H19ClN8O. The number of piperazine rings is 1. The van der Waals surface area contributed by atoms with E-state index in [2.05, 4.69) is 30.0 Å². The monoisotopic (exact) mass is 446 g/mol. The molecule has 2 aliphatic heterocycles. The van der Waals surface area contributed by atoms with E-state index in [-0.39, 0.29) is 17.6 Å².